The predicted octanol–water partition coefficient (Wildman–Crippen LogP) is 4.53. The van der Waals surface area contributed by atoms with Gasteiger partial charge >= 0.3 is 0 Å². The first-order valence-corrected chi connectivity index (χ1v) is 7.66. The van der Waals surface area contributed by atoms with E-state index in [9.17, 15) is 0 Å². The molecule has 1 aromatic heterocycles. The predicted molar refractivity (Wildman–Crippen MR) is 82.7 cm³/mol. The van der Waals surface area contributed by atoms with Crippen LogP contribution in [-0.2, 0) is 5.75 Å². The van der Waals surface area contributed by atoms with Gasteiger partial charge < -0.3 is 4.42 Å². The molecule has 0 bridgehead atoms. The number of aromatic nitrogens is 2. The molecule has 1 atom stereocenters. The number of fused-ring (bicyclic) bond motifs is 1. The summed E-state index contributed by atoms with van der Waals surface area (Å²) < 4.78 is 5.40. The smallest absolute Gasteiger partial charge is 0.226 e. The van der Waals surface area contributed by atoms with Crippen molar-refractivity contribution in [2.24, 2.45) is 0 Å². The van der Waals surface area contributed by atoms with Crippen molar-refractivity contribution in [1.82, 2.24) is 10.2 Å². The number of nitrogens with zero attached hydrogens (tertiary/aromatic N) is 2. The molecule has 1 heterocycles. The first kappa shape index (κ1) is 13.2. The van der Waals surface area contributed by atoms with E-state index in [0.717, 1.165) is 5.75 Å². The summed E-state index contributed by atoms with van der Waals surface area (Å²) in [5, 5.41) is 10.8. The average Bonchev–Trinajstić information content (AvgIpc) is 2.90. The third-order valence-electron chi connectivity index (χ3n) is 3.27. The van der Waals surface area contributed by atoms with E-state index < -0.39 is 0 Å². The summed E-state index contributed by atoms with van der Waals surface area (Å²) in [5.41, 5.74) is 1.32. The summed E-state index contributed by atoms with van der Waals surface area (Å²) in [7, 11) is 0. The van der Waals surface area contributed by atoms with Crippen LogP contribution in [0.1, 0.15) is 29.5 Å². The molecule has 3 aromatic rings. The monoisotopic (exact) mass is 284 g/mol. The van der Waals surface area contributed by atoms with Gasteiger partial charge in [-0.05, 0) is 23.3 Å². The second-order valence-electron chi connectivity index (χ2n) is 4.77. The molecular weight excluding hydrogens is 268 g/mol. The molecule has 0 fully saturated rings. The lowest BCUT2D eigenvalue weighted by Crippen LogP contribution is -1.90. The molecule has 0 saturated carbocycles. The van der Waals surface area contributed by atoms with Gasteiger partial charge in [-0.1, -0.05) is 42.5 Å². The zero-order valence-electron chi connectivity index (χ0n) is 11.5. The fourth-order valence-electron chi connectivity index (χ4n) is 2.15. The third-order valence-corrected chi connectivity index (χ3v) is 4.45. The summed E-state index contributed by atoms with van der Waals surface area (Å²) in [6, 6.07) is 15.1. The number of rotatable bonds is 4. The molecule has 0 aliphatic heterocycles. The molecule has 0 radical (unpaired) electrons. The first-order valence-electron chi connectivity index (χ1n) is 6.61. The van der Waals surface area contributed by atoms with E-state index in [0.29, 0.717) is 17.0 Å². The van der Waals surface area contributed by atoms with Crippen molar-refractivity contribution in [3.8, 4) is 0 Å². The molecule has 102 valence electrons. The Morgan fingerprint density at radius 1 is 1.10 bits per heavy atom. The van der Waals surface area contributed by atoms with Crippen molar-refractivity contribution >= 4 is 22.5 Å². The molecule has 3 rings (SSSR count). The summed E-state index contributed by atoms with van der Waals surface area (Å²) >= 11 is 1.81. The first-order chi connectivity index (χ1) is 9.72. The quantitative estimate of drug-likeness (QED) is 0.705. The van der Waals surface area contributed by atoms with Gasteiger partial charge in [0.05, 0.1) is 5.75 Å². The normalized spacial score (nSPS) is 12.7. The number of thioether (sulfide) groups is 1. The highest BCUT2D eigenvalue weighted by Gasteiger charge is 2.10. The van der Waals surface area contributed by atoms with E-state index in [1.807, 2.05) is 18.7 Å². The molecular formula is C16H16N2OS. The standard InChI is InChI=1S/C16H16N2OS/c1-11(20-10-16-18-17-12(2)19-16)14-8-7-13-5-3-4-6-15(13)9-14/h3-9,11H,10H2,1-2H3. The molecule has 2 aromatic carbocycles. The minimum Gasteiger partial charge on any atom is -0.425 e. The molecule has 3 nitrogen and oxygen atoms in total. The molecule has 0 spiro atoms. The Balaban J connectivity index is 1.73. The van der Waals surface area contributed by atoms with E-state index >= 15 is 0 Å². The zero-order chi connectivity index (χ0) is 13.9. The lowest BCUT2D eigenvalue weighted by Gasteiger charge is -2.11. The van der Waals surface area contributed by atoms with E-state index in [2.05, 4.69) is 59.6 Å². The second-order valence-corrected chi connectivity index (χ2v) is 6.10. The highest BCUT2D eigenvalue weighted by atomic mass is 32.2. The van der Waals surface area contributed by atoms with Gasteiger partial charge in [0.1, 0.15) is 0 Å². The summed E-state index contributed by atoms with van der Waals surface area (Å²) in [6.07, 6.45) is 0. The van der Waals surface area contributed by atoms with Gasteiger partial charge in [0.25, 0.3) is 0 Å². The van der Waals surface area contributed by atoms with Crippen LogP contribution in [0.25, 0.3) is 10.8 Å². The van der Waals surface area contributed by atoms with Gasteiger partial charge in [-0.15, -0.1) is 22.0 Å². The second kappa shape index (κ2) is 5.67. The van der Waals surface area contributed by atoms with Crippen molar-refractivity contribution in [3.63, 3.8) is 0 Å². The number of hydrogen-bond acceptors (Lipinski definition) is 4. The maximum atomic E-state index is 5.40. The van der Waals surface area contributed by atoms with E-state index in [1.165, 1.54) is 16.3 Å². The topological polar surface area (TPSA) is 38.9 Å². The molecule has 20 heavy (non-hydrogen) atoms. The Morgan fingerprint density at radius 2 is 1.90 bits per heavy atom. The van der Waals surface area contributed by atoms with Crippen molar-refractivity contribution in [2.45, 2.75) is 24.9 Å². The highest BCUT2D eigenvalue weighted by molar-refractivity contribution is 7.98. The number of hydrogen-bond donors (Lipinski definition) is 0. The summed E-state index contributed by atoms with van der Waals surface area (Å²) in [6.45, 7) is 4.02. The average molecular weight is 284 g/mol. The van der Waals surface area contributed by atoms with Crippen LogP contribution in [0.2, 0.25) is 0 Å². The third kappa shape index (κ3) is 2.85. The Morgan fingerprint density at radius 3 is 2.65 bits per heavy atom. The Hall–Kier alpha value is -1.81. The van der Waals surface area contributed by atoms with Crippen LogP contribution in [0.4, 0.5) is 0 Å². The van der Waals surface area contributed by atoms with Gasteiger partial charge in [0.15, 0.2) is 0 Å². The number of aryl methyl sites for hydroxylation is 1. The van der Waals surface area contributed by atoms with Crippen LogP contribution in [-0.4, -0.2) is 10.2 Å². The van der Waals surface area contributed by atoms with Gasteiger partial charge in [0.2, 0.25) is 11.8 Å². The van der Waals surface area contributed by atoms with Gasteiger partial charge in [-0.25, -0.2) is 0 Å². The molecule has 0 saturated heterocycles. The maximum absolute atomic E-state index is 5.40. The largest absolute Gasteiger partial charge is 0.425 e. The van der Waals surface area contributed by atoms with Crippen molar-refractivity contribution in [3.05, 3.63) is 59.8 Å². The van der Waals surface area contributed by atoms with Crippen LogP contribution < -0.4 is 0 Å². The molecule has 4 heteroatoms. The molecule has 1 unspecified atom stereocenters. The molecule has 0 N–H and O–H groups in total. The summed E-state index contributed by atoms with van der Waals surface area (Å²) in [5.74, 6) is 2.06. The Bertz CT molecular complexity index is 723. The fourth-order valence-corrected chi connectivity index (χ4v) is 3.00. The molecule has 0 aliphatic carbocycles. The van der Waals surface area contributed by atoms with E-state index in [1.54, 1.807) is 0 Å². The van der Waals surface area contributed by atoms with Crippen LogP contribution in [0.15, 0.2) is 46.9 Å². The van der Waals surface area contributed by atoms with Gasteiger partial charge in [0, 0.05) is 12.2 Å². The maximum Gasteiger partial charge on any atom is 0.226 e. The Kier molecular flexibility index (Phi) is 3.74. The lowest BCUT2D eigenvalue weighted by atomic mass is 10.1. The highest BCUT2D eigenvalue weighted by Crippen LogP contribution is 2.32. The minimum absolute atomic E-state index is 0.395. The molecule has 0 aliphatic rings. The van der Waals surface area contributed by atoms with Crippen LogP contribution in [0.3, 0.4) is 0 Å². The van der Waals surface area contributed by atoms with Crippen molar-refractivity contribution < 1.29 is 4.42 Å². The minimum atomic E-state index is 0.395. The fraction of sp³-hybridized carbons (Fsp3) is 0.250. The number of benzene rings is 2. The van der Waals surface area contributed by atoms with Gasteiger partial charge in [-0.3, -0.25) is 0 Å². The van der Waals surface area contributed by atoms with Gasteiger partial charge in [-0.2, -0.15) is 0 Å². The van der Waals surface area contributed by atoms with E-state index in [-0.39, 0.29) is 0 Å². The lowest BCUT2D eigenvalue weighted by molar-refractivity contribution is 0.485. The molecule has 0 amide bonds. The van der Waals surface area contributed by atoms with Crippen LogP contribution in [0, 0.1) is 6.92 Å². The van der Waals surface area contributed by atoms with Crippen molar-refractivity contribution in [1.29, 1.82) is 0 Å². The Labute approximate surface area is 122 Å². The zero-order valence-corrected chi connectivity index (χ0v) is 12.4. The van der Waals surface area contributed by atoms with Crippen molar-refractivity contribution in [2.75, 3.05) is 0 Å². The van der Waals surface area contributed by atoms with Crippen LogP contribution >= 0.6 is 11.8 Å². The SMILES string of the molecule is Cc1nnc(CSC(C)c2ccc3ccccc3c2)o1. The van der Waals surface area contributed by atoms with Crippen LogP contribution in [0.5, 0.6) is 0 Å². The summed E-state index contributed by atoms with van der Waals surface area (Å²) in [4.78, 5) is 0. The van der Waals surface area contributed by atoms with E-state index in [4.69, 9.17) is 4.42 Å².